The monoisotopic (exact) mass is 416 g/mol. The molecule has 7 nitrogen and oxygen atoms in total. The molecule has 0 unspecified atom stereocenters. The Morgan fingerprint density at radius 1 is 1.14 bits per heavy atom. The van der Waals surface area contributed by atoms with Gasteiger partial charge in [-0.05, 0) is 30.4 Å². The van der Waals surface area contributed by atoms with Gasteiger partial charge in [0.1, 0.15) is 17.2 Å². The zero-order chi connectivity index (χ0) is 20.8. The van der Waals surface area contributed by atoms with Crippen molar-refractivity contribution in [1.82, 2.24) is 9.97 Å². The van der Waals surface area contributed by atoms with Gasteiger partial charge in [-0.15, -0.1) is 0 Å². The fourth-order valence-corrected chi connectivity index (χ4v) is 4.34. The number of rotatable bonds is 7. The van der Waals surface area contributed by atoms with Crippen molar-refractivity contribution in [2.45, 2.75) is 25.3 Å². The molecule has 2 atom stereocenters. The second-order valence-corrected chi connectivity index (χ2v) is 8.47. The summed E-state index contributed by atoms with van der Waals surface area (Å²) in [6.07, 6.45) is 2.83. The largest absolute Gasteiger partial charge is 0.493 e. The van der Waals surface area contributed by atoms with E-state index < -0.39 is 0 Å². The van der Waals surface area contributed by atoms with Crippen LogP contribution in [0.5, 0.6) is 11.5 Å². The number of piperidine rings is 1. The van der Waals surface area contributed by atoms with Crippen LogP contribution in [0.2, 0.25) is 0 Å². The maximum atomic E-state index is 12.4. The third-order valence-electron chi connectivity index (χ3n) is 4.84. The van der Waals surface area contributed by atoms with Gasteiger partial charge in [-0.1, -0.05) is 25.6 Å². The Balaban J connectivity index is 1.58. The molecule has 1 N–H and O–H groups in total. The normalized spacial score (nSPS) is 19.0. The van der Waals surface area contributed by atoms with Gasteiger partial charge >= 0.3 is 0 Å². The smallest absolute Gasteiger partial charge is 0.234 e. The number of amides is 1. The number of anilines is 2. The third-order valence-corrected chi connectivity index (χ3v) is 5.76. The summed E-state index contributed by atoms with van der Waals surface area (Å²) in [5.74, 6) is 3.58. The molecule has 1 amide bonds. The van der Waals surface area contributed by atoms with Crippen molar-refractivity contribution in [3.05, 3.63) is 30.6 Å². The maximum Gasteiger partial charge on any atom is 0.234 e. The number of hydrogen-bond donors (Lipinski definition) is 1. The molecule has 0 bridgehead atoms. The number of thioether (sulfide) groups is 1. The first-order valence-electron chi connectivity index (χ1n) is 9.70. The number of methoxy groups -OCH3 is 2. The molecule has 1 saturated heterocycles. The minimum absolute atomic E-state index is 0.109. The van der Waals surface area contributed by atoms with E-state index in [4.69, 9.17) is 9.47 Å². The number of hydrogen-bond acceptors (Lipinski definition) is 7. The summed E-state index contributed by atoms with van der Waals surface area (Å²) in [4.78, 5) is 23.4. The van der Waals surface area contributed by atoms with Crippen LogP contribution in [-0.2, 0) is 4.79 Å². The second kappa shape index (κ2) is 9.82. The van der Waals surface area contributed by atoms with Crippen molar-refractivity contribution in [2.75, 3.05) is 43.3 Å². The van der Waals surface area contributed by atoms with E-state index in [1.165, 1.54) is 18.2 Å². The number of carbonyl (C=O) groups excluding carboxylic acids is 1. The quantitative estimate of drug-likeness (QED) is 0.545. The molecule has 0 saturated carbocycles. The lowest BCUT2D eigenvalue weighted by atomic mass is 9.92. The first-order chi connectivity index (χ1) is 14.0. The van der Waals surface area contributed by atoms with Gasteiger partial charge in [-0.3, -0.25) is 4.79 Å². The van der Waals surface area contributed by atoms with Crippen LogP contribution < -0.4 is 19.7 Å². The Labute approximate surface area is 176 Å². The molecule has 1 fully saturated rings. The SMILES string of the molecule is COc1ccc(NC(=O)CSc2cc(N3C[C@H](C)C[C@H](C)C3)ncn2)cc1OC. The average Bonchev–Trinajstić information content (AvgIpc) is 2.71. The predicted octanol–water partition coefficient (Wildman–Crippen LogP) is 3.71. The van der Waals surface area contributed by atoms with E-state index in [0.29, 0.717) is 29.0 Å². The lowest BCUT2D eigenvalue weighted by molar-refractivity contribution is -0.113. The number of ether oxygens (including phenoxy) is 2. The molecule has 0 radical (unpaired) electrons. The molecule has 1 aromatic carbocycles. The molecule has 2 aromatic rings. The van der Waals surface area contributed by atoms with Crippen LogP contribution in [0, 0.1) is 11.8 Å². The highest BCUT2D eigenvalue weighted by molar-refractivity contribution is 7.99. The van der Waals surface area contributed by atoms with Gasteiger partial charge in [0.05, 0.1) is 20.0 Å². The summed E-state index contributed by atoms with van der Waals surface area (Å²) in [5.41, 5.74) is 0.660. The molecule has 8 heteroatoms. The van der Waals surface area contributed by atoms with Crippen molar-refractivity contribution in [3.8, 4) is 11.5 Å². The highest BCUT2D eigenvalue weighted by Gasteiger charge is 2.23. The molecule has 1 aliphatic rings. The zero-order valence-electron chi connectivity index (χ0n) is 17.3. The van der Waals surface area contributed by atoms with Crippen LogP contribution >= 0.6 is 11.8 Å². The first kappa shape index (κ1) is 21.2. The van der Waals surface area contributed by atoms with E-state index in [0.717, 1.165) is 23.9 Å². The van der Waals surface area contributed by atoms with Gasteiger partial charge in [-0.25, -0.2) is 9.97 Å². The topological polar surface area (TPSA) is 76.6 Å². The Kier molecular flexibility index (Phi) is 7.19. The lowest BCUT2D eigenvalue weighted by Gasteiger charge is -2.35. The standard InChI is InChI=1S/C21H28N4O3S/c1-14-7-15(2)11-25(10-14)19-9-21(23-13-22-19)29-12-20(26)24-16-5-6-17(27-3)18(8-16)28-4/h5-6,8-9,13-15H,7,10-12H2,1-4H3,(H,24,26)/t14-,15+. The molecular weight excluding hydrogens is 388 g/mol. The summed E-state index contributed by atoms with van der Waals surface area (Å²) in [6, 6.07) is 7.26. The zero-order valence-corrected chi connectivity index (χ0v) is 18.2. The van der Waals surface area contributed by atoms with Crippen LogP contribution in [0.4, 0.5) is 11.5 Å². The molecule has 2 heterocycles. The van der Waals surface area contributed by atoms with Crippen LogP contribution in [0.25, 0.3) is 0 Å². The van der Waals surface area contributed by atoms with Gasteiger partial charge in [0, 0.05) is 30.9 Å². The average molecular weight is 417 g/mol. The molecule has 0 aliphatic carbocycles. The highest BCUT2D eigenvalue weighted by Crippen LogP contribution is 2.30. The molecule has 29 heavy (non-hydrogen) atoms. The van der Waals surface area contributed by atoms with Crippen LogP contribution in [0.3, 0.4) is 0 Å². The first-order valence-corrected chi connectivity index (χ1v) is 10.7. The molecule has 3 rings (SSSR count). The van der Waals surface area contributed by atoms with Gasteiger partial charge in [-0.2, -0.15) is 0 Å². The lowest BCUT2D eigenvalue weighted by Crippen LogP contribution is -2.39. The predicted molar refractivity (Wildman–Crippen MR) is 116 cm³/mol. The van der Waals surface area contributed by atoms with E-state index in [-0.39, 0.29) is 11.7 Å². The van der Waals surface area contributed by atoms with Crippen molar-refractivity contribution < 1.29 is 14.3 Å². The molecule has 0 spiro atoms. The summed E-state index contributed by atoms with van der Waals surface area (Å²) in [5, 5.41) is 3.67. The Bertz CT molecular complexity index is 838. The third kappa shape index (κ3) is 5.76. The van der Waals surface area contributed by atoms with Crippen molar-refractivity contribution >= 4 is 29.2 Å². The van der Waals surface area contributed by atoms with E-state index >= 15 is 0 Å². The summed E-state index contributed by atoms with van der Waals surface area (Å²) < 4.78 is 10.5. The van der Waals surface area contributed by atoms with Crippen LogP contribution in [0.15, 0.2) is 35.6 Å². The summed E-state index contributed by atoms with van der Waals surface area (Å²) in [6.45, 7) is 6.56. The van der Waals surface area contributed by atoms with Gasteiger partial charge in [0.15, 0.2) is 11.5 Å². The van der Waals surface area contributed by atoms with E-state index in [9.17, 15) is 4.79 Å². The number of benzene rings is 1. The van der Waals surface area contributed by atoms with Gasteiger partial charge in [0.2, 0.25) is 5.91 Å². The van der Waals surface area contributed by atoms with E-state index in [1.807, 2.05) is 6.07 Å². The van der Waals surface area contributed by atoms with E-state index in [2.05, 4.69) is 34.0 Å². The highest BCUT2D eigenvalue weighted by atomic mass is 32.2. The second-order valence-electron chi connectivity index (χ2n) is 7.47. The molecular formula is C21H28N4O3S. The fourth-order valence-electron chi connectivity index (χ4n) is 3.68. The van der Waals surface area contributed by atoms with E-state index in [1.54, 1.807) is 38.7 Å². The number of nitrogens with zero attached hydrogens (tertiary/aromatic N) is 3. The Morgan fingerprint density at radius 2 is 1.86 bits per heavy atom. The van der Waals surface area contributed by atoms with Crippen LogP contribution in [-0.4, -0.2) is 48.9 Å². The maximum absolute atomic E-state index is 12.4. The van der Waals surface area contributed by atoms with Crippen LogP contribution in [0.1, 0.15) is 20.3 Å². The molecule has 1 aromatic heterocycles. The molecule has 1 aliphatic heterocycles. The number of carbonyl (C=O) groups is 1. The number of nitrogens with one attached hydrogen (secondary N) is 1. The van der Waals surface area contributed by atoms with Crippen molar-refractivity contribution in [3.63, 3.8) is 0 Å². The molecule has 156 valence electrons. The van der Waals surface area contributed by atoms with Gasteiger partial charge < -0.3 is 19.7 Å². The Morgan fingerprint density at radius 3 is 2.55 bits per heavy atom. The summed E-state index contributed by atoms with van der Waals surface area (Å²) >= 11 is 1.40. The fraction of sp³-hybridized carbons (Fsp3) is 0.476. The minimum atomic E-state index is -0.109. The van der Waals surface area contributed by atoms with Crippen molar-refractivity contribution in [2.24, 2.45) is 11.8 Å². The minimum Gasteiger partial charge on any atom is -0.493 e. The van der Waals surface area contributed by atoms with Gasteiger partial charge in [0.25, 0.3) is 0 Å². The Hall–Kier alpha value is -2.48. The number of aromatic nitrogens is 2. The summed E-state index contributed by atoms with van der Waals surface area (Å²) in [7, 11) is 3.14. The van der Waals surface area contributed by atoms with Crippen molar-refractivity contribution in [1.29, 1.82) is 0 Å².